The number of aromatic carboxylic acids is 1. The topological polar surface area (TPSA) is 63.1 Å². The smallest absolute Gasteiger partial charge is 0.337 e. The minimum absolute atomic E-state index is 0.202. The normalized spacial score (nSPS) is 10.3. The molecule has 0 unspecified atom stereocenters. The Morgan fingerprint density at radius 2 is 2.17 bits per heavy atom. The fourth-order valence-electron chi connectivity index (χ4n) is 1.42. The number of carboxylic acid groups (broad SMARTS) is 1. The molecular weight excluding hydrogens is 248 g/mol. The Morgan fingerprint density at radius 1 is 1.33 bits per heavy atom. The number of nitrogens with zero attached hydrogens (tertiary/aromatic N) is 2. The summed E-state index contributed by atoms with van der Waals surface area (Å²) >= 11 is 1.54. The zero-order chi connectivity index (χ0) is 13.0. The number of pyridine rings is 2. The van der Waals surface area contributed by atoms with Gasteiger partial charge in [0.2, 0.25) is 0 Å². The summed E-state index contributed by atoms with van der Waals surface area (Å²) < 4.78 is 0. The molecule has 0 saturated heterocycles. The van der Waals surface area contributed by atoms with Crippen LogP contribution in [0.2, 0.25) is 0 Å². The molecule has 2 heterocycles. The van der Waals surface area contributed by atoms with Gasteiger partial charge in [-0.25, -0.2) is 9.78 Å². The summed E-state index contributed by atoms with van der Waals surface area (Å²) in [5.41, 5.74) is 2.18. The summed E-state index contributed by atoms with van der Waals surface area (Å²) in [5, 5.41) is 9.55. The molecule has 92 valence electrons. The van der Waals surface area contributed by atoms with Gasteiger partial charge in [-0.15, -0.1) is 11.8 Å². The average molecular weight is 260 g/mol. The van der Waals surface area contributed by atoms with Gasteiger partial charge in [0, 0.05) is 17.6 Å². The summed E-state index contributed by atoms with van der Waals surface area (Å²) in [6.07, 6.45) is 1.37. The van der Waals surface area contributed by atoms with Crippen molar-refractivity contribution >= 4 is 17.7 Å². The van der Waals surface area contributed by atoms with E-state index in [1.807, 2.05) is 25.1 Å². The van der Waals surface area contributed by atoms with Gasteiger partial charge in [-0.2, -0.15) is 0 Å². The fourth-order valence-corrected chi connectivity index (χ4v) is 2.17. The number of hydrogen-bond acceptors (Lipinski definition) is 4. The third-order valence-corrected chi connectivity index (χ3v) is 3.27. The summed E-state index contributed by atoms with van der Waals surface area (Å²) in [5.74, 6) is -0.236. The Labute approximate surface area is 109 Å². The first-order valence-corrected chi connectivity index (χ1v) is 6.38. The zero-order valence-corrected chi connectivity index (χ0v) is 10.6. The molecule has 0 bridgehead atoms. The third-order valence-electron chi connectivity index (χ3n) is 2.30. The lowest BCUT2D eigenvalue weighted by atomic mass is 10.3. The van der Waals surface area contributed by atoms with Gasteiger partial charge in [-0.05, 0) is 31.2 Å². The van der Waals surface area contributed by atoms with Crippen LogP contribution < -0.4 is 0 Å². The van der Waals surface area contributed by atoms with E-state index in [9.17, 15) is 4.79 Å². The van der Waals surface area contributed by atoms with E-state index >= 15 is 0 Å². The summed E-state index contributed by atoms with van der Waals surface area (Å²) in [7, 11) is 0. The van der Waals surface area contributed by atoms with Gasteiger partial charge < -0.3 is 5.11 Å². The highest BCUT2D eigenvalue weighted by Gasteiger charge is 2.04. The van der Waals surface area contributed by atoms with Gasteiger partial charge in [0.15, 0.2) is 0 Å². The molecule has 0 aliphatic carbocycles. The van der Waals surface area contributed by atoms with E-state index in [1.54, 1.807) is 12.1 Å². The quantitative estimate of drug-likeness (QED) is 0.856. The number of aromatic nitrogens is 2. The van der Waals surface area contributed by atoms with Crippen LogP contribution in [0, 0.1) is 6.92 Å². The number of carboxylic acids is 1. The van der Waals surface area contributed by atoms with Crippen LogP contribution in [0.4, 0.5) is 0 Å². The molecule has 0 atom stereocenters. The van der Waals surface area contributed by atoms with Gasteiger partial charge in [0.05, 0.1) is 16.3 Å². The SMILES string of the molecule is Cc1cccc(CSc2ccc(C(=O)O)cn2)n1. The lowest BCUT2D eigenvalue weighted by Gasteiger charge is -2.02. The molecule has 0 amide bonds. The Bertz CT molecular complexity index is 555. The summed E-state index contributed by atoms with van der Waals surface area (Å²) in [6.45, 7) is 1.95. The first-order chi connectivity index (χ1) is 8.65. The van der Waals surface area contributed by atoms with Crippen LogP contribution in [-0.4, -0.2) is 21.0 Å². The number of aryl methyl sites for hydroxylation is 1. The van der Waals surface area contributed by atoms with Crippen LogP contribution in [0.5, 0.6) is 0 Å². The van der Waals surface area contributed by atoms with Crippen LogP contribution in [0.25, 0.3) is 0 Å². The van der Waals surface area contributed by atoms with Crippen molar-refractivity contribution in [3.8, 4) is 0 Å². The highest BCUT2D eigenvalue weighted by Crippen LogP contribution is 2.19. The molecule has 0 aliphatic heterocycles. The number of carbonyl (C=O) groups is 1. The van der Waals surface area contributed by atoms with E-state index in [0.29, 0.717) is 0 Å². The molecule has 4 nitrogen and oxygen atoms in total. The second-order valence-corrected chi connectivity index (χ2v) is 4.74. The van der Waals surface area contributed by atoms with Crippen molar-refractivity contribution in [2.24, 2.45) is 0 Å². The Hall–Kier alpha value is -1.88. The Morgan fingerprint density at radius 3 is 2.78 bits per heavy atom. The van der Waals surface area contributed by atoms with Crippen molar-refractivity contribution in [3.63, 3.8) is 0 Å². The monoisotopic (exact) mass is 260 g/mol. The molecule has 0 aromatic carbocycles. The van der Waals surface area contributed by atoms with E-state index in [1.165, 1.54) is 18.0 Å². The average Bonchev–Trinajstić information content (AvgIpc) is 2.37. The van der Waals surface area contributed by atoms with E-state index < -0.39 is 5.97 Å². The van der Waals surface area contributed by atoms with Crippen molar-refractivity contribution in [3.05, 3.63) is 53.5 Å². The lowest BCUT2D eigenvalue weighted by Crippen LogP contribution is -1.97. The molecule has 0 radical (unpaired) electrons. The van der Waals surface area contributed by atoms with Crippen LogP contribution >= 0.6 is 11.8 Å². The van der Waals surface area contributed by atoms with Crippen LogP contribution in [-0.2, 0) is 5.75 Å². The molecule has 0 fully saturated rings. The van der Waals surface area contributed by atoms with Crippen molar-refractivity contribution in [1.82, 2.24) is 9.97 Å². The predicted octanol–water partition coefficient (Wildman–Crippen LogP) is 2.78. The maximum absolute atomic E-state index is 10.7. The lowest BCUT2D eigenvalue weighted by molar-refractivity contribution is 0.0696. The fraction of sp³-hybridized carbons (Fsp3) is 0.154. The van der Waals surface area contributed by atoms with E-state index in [4.69, 9.17) is 5.11 Å². The van der Waals surface area contributed by atoms with E-state index in [2.05, 4.69) is 9.97 Å². The molecular formula is C13H12N2O2S. The second kappa shape index (κ2) is 5.64. The highest BCUT2D eigenvalue weighted by atomic mass is 32.2. The molecule has 0 aliphatic rings. The zero-order valence-electron chi connectivity index (χ0n) is 9.83. The van der Waals surface area contributed by atoms with Crippen LogP contribution in [0.15, 0.2) is 41.6 Å². The third kappa shape index (κ3) is 3.30. The summed E-state index contributed by atoms with van der Waals surface area (Å²) in [4.78, 5) is 19.2. The molecule has 2 aromatic rings. The van der Waals surface area contributed by atoms with Gasteiger partial charge in [-0.3, -0.25) is 4.98 Å². The first kappa shape index (κ1) is 12.6. The highest BCUT2D eigenvalue weighted by molar-refractivity contribution is 7.98. The van der Waals surface area contributed by atoms with Gasteiger partial charge in [0.25, 0.3) is 0 Å². The van der Waals surface area contributed by atoms with Crippen molar-refractivity contribution in [2.45, 2.75) is 17.7 Å². The molecule has 18 heavy (non-hydrogen) atoms. The van der Waals surface area contributed by atoms with Crippen molar-refractivity contribution < 1.29 is 9.90 Å². The molecule has 2 rings (SSSR count). The van der Waals surface area contributed by atoms with Crippen LogP contribution in [0.3, 0.4) is 0 Å². The largest absolute Gasteiger partial charge is 0.478 e. The number of hydrogen-bond donors (Lipinski definition) is 1. The molecule has 0 spiro atoms. The van der Waals surface area contributed by atoms with Crippen molar-refractivity contribution in [1.29, 1.82) is 0 Å². The summed E-state index contributed by atoms with van der Waals surface area (Å²) in [6, 6.07) is 9.16. The minimum Gasteiger partial charge on any atom is -0.478 e. The second-order valence-electron chi connectivity index (χ2n) is 3.75. The van der Waals surface area contributed by atoms with Gasteiger partial charge in [0.1, 0.15) is 0 Å². The van der Waals surface area contributed by atoms with Gasteiger partial charge >= 0.3 is 5.97 Å². The number of rotatable bonds is 4. The maximum atomic E-state index is 10.7. The predicted molar refractivity (Wildman–Crippen MR) is 69.7 cm³/mol. The molecule has 0 saturated carbocycles. The van der Waals surface area contributed by atoms with Crippen molar-refractivity contribution in [2.75, 3.05) is 0 Å². The number of thioether (sulfide) groups is 1. The standard InChI is InChI=1S/C13H12N2O2S/c1-9-3-2-4-11(15-9)8-18-12-6-5-10(7-14-12)13(16)17/h2-7H,8H2,1H3,(H,16,17). The van der Waals surface area contributed by atoms with Gasteiger partial charge in [-0.1, -0.05) is 6.07 Å². The molecule has 2 aromatic heterocycles. The van der Waals surface area contributed by atoms with E-state index in [-0.39, 0.29) is 5.56 Å². The Kier molecular flexibility index (Phi) is 3.94. The Balaban J connectivity index is 2.00. The van der Waals surface area contributed by atoms with E-state index in [0.717, 1.165) is 22.2 Å². The molecule has 5 heteroatoms. The first-order valence-electron chi connectivity index (χ1n) is 5.40. The maximum Gasteiger partial charge on any atom is 0.337 e. The minimum atomic E-state index is -0.959. The molecule has 1 N–H and O–H groups in total. The van der Waals surface area contributed by atoms with Crippen LogP contribution in [0.1, 0.15) is 21.7 Å².